The molecule has 1 saturated carbocycles. The molecule has 0 aromatic heterocycles. The summed E-state index contributed by atoms with van der Waals surface area (Å²) in [5.74, 6) is 0.740. The summed E-state index contributed by atoms with van der Waals surface area (Å²) in [6, 6.07) is 12.8. The van der Waals surface area contributed by atoms with Crippen molar-refractivity contribution in [2.45, 2.75) is 56.8 Å². The Labute approximate surface area is 164 Å². The summed E-state index contributed by atoms with van der Waals surface area (Å²) in [5, 5.41) is 7.63. The molecule has 0 spiro atoms. The van der Waals surface area contributed by atoms with Crippen molar-refractivity contribution in [1.82, 2.24) is 15.5 Å². The van der Waals surface area contributed by atoms with Crippen LogP contribution in [0, 0.1) is 5.92 Å². The summed E-state index contributed by atoms with van der Waals surface area (Å²) in [6.07, 6.45) is 6.71. The number of ether oxygens (including phenoxy) is 1. The maximum Gasteiger partial charge on any atom is 0.0623 e. The maximum absolute atomic E-state index is 5.71. The summed E-state index contributed by atoms with van der Waals surface area (Å²) < 4.78 is 5.71. The van der Waals surface area contributed by atoms with Gasteiger partial charge in [-0.15, -0.1) is 12.4 Å². The van der Waals surface area contributed by atoms with Crippen LogP contribution in [0.15, 0.2) is 30.3 Å². The molecule has 3 aliphatic rings. The number of rotatable bonds is 6. The van der Waals surface area contributed by atoms with Crippen molar-refractivity contribution in [3.63, 3.8) is 0 Å². The fourth-order valence-electron chi connectivity index (χ4n) is 5.02. The van der Waals surface area contributed by atoms with Gasteiger partial charge in [0.05, 0.1) is 13.2 Å². The second kappa shape index (κ2) is 10.0. The molecule has 5 heteroatoms. The van der Waals surface area contributed by atoms with E-state index in [-0.39, 0.29) is 12.4 Å². The van der Waals surface area contributed by atoms with Crippen molar-refractivity contribution in [3.05, 3.63) is 35.9 Å². The first-order chi connectivity index (χ1) is 12.4. The molecule has 4 nitrogen and oxygen atoms in total. The summed E-state index contributed by atoms with van der Waals surface area (Å²) in [7, 11) is 0. The van der Waals surface area contributed by atoms with Gasteiger partial charge in [-0.2, -0.15) is 0 Å². The molecule has 0 amide bonds. The average molecular weight is 380 g/mol. The topological polar surface area (TPSA) is 36.5 Å². The Kier molecular flexibility index (Phi) is 7.77. The van der Waals surface area contributed by atoms with E-state index in [0.717, 1.165) is 38.8 Å². The maximum atomic E-state index is 5.71. The molecule has 26 heavy (non-hydrogen) atoms. The Hall–Kier alpha value is -0.650. The Balaban J connectivity index is 0.00000196. The van der Waals surface area contributed by atoms with E-state index in [1.165, 1.54) is 44.2 Å². The van der Waals surface area contributed by atoms with Crippen LogP contribution in [0.2, 0.25) is 0 Å². The number of nitrogens with zero attached hydrogens (tertiary/aromatic N) is 1. The lowest BCUT2D eigenvalue weighted by atomic mass is 9.94. The van der Waals surface area contributed by atoms with E-state index in [0.29, 0.717) is 18.1 Å². The standard InChI is InChI=1S/C21H33N3O.ClH/c1-2-6-17(7-3-1)15-24-12-5-8-18(24)14-23-20-10-4-9-19(20)21-16-25-13-11-22-21;/h1-3,6-7,18-23H,4-5,8-16H2;1H. The predicted octanol–water partition coefficient (Wildman–Crippen LogP) is 2.82. The Morgan fingerprint density at radius 1 is 1.12 bits per heavy atom. The van der Waals surface area contributed by atoms with E-state index in [1.54, 1.807) is 0 Å². The minimum atomic E-state index is 0. The second-order valence-corrected chi connectivity index (χ2v) is 8.00. The molecule has 1 aromatic carbocycles. The zero-order valence-corrected chi connectivity index (χ0v) is 16.6. The van der Waals surface area contributed by atoms with E-state index in [4.69, 9.17) is 4.74 Å². The van der Waals surface area contributed by atoms with E-state index >= 15 is 0 Å². The molecule has 4 atom stereocenters. The second-order valence-electron chi connectivity index (χ2n) is 8.00. The van der Waals surface area contributed by atoms with Crippen LogP contribution in [0.4, 0.5) is 0 Å². The summed E-state index contributed by atoms with van der Waals surface area (Å²) >= 11 is 0. The van der Waals surface area contributed by atoms with E-state index < -0.39 is 0 Å². The smallest absolute Gasteiger partial charge is 0.0623 e. The molecule has 2 N–H and O–H groups in total. The van der Waals surface area contributed by atoms with Crippen LogP contribution < -0.4 is 10.6 Å². The third-order valence-corrected chi connectivity index (χ3v) is 6.38. The fourth-order valence-corrected chi connectivity index (χ4v) is 5.02. The zero-order valence-electron chi connectivity index (χ0n) is 15.7. The molecular weight excluding hydrogens is 346 g/mol. The highest BCUT2D eigenvalue weighted by atomic mass is 35.5. The van der Waals surface area contributed by atoms with Crippen molar-refractivity contribution < 1.29 is 4.74 Å². The number of halogens is 1. The molecule has 146 valence electrons. The van der Waals surface area contributed by atoms with Crippen LogP contribution in [0.1, 0.15) is 37.7 Å². The van der Waals surface area contributed by atoms with Gasteiger partial charge in [-0.3, -0.25) is 4.90 Å². The molecule has 2 heterocycles. The van der Waals surface area contributed by atoms with Crippen LogP contribution in [0.5, 0.6) is 0 Å². The van der Waals surface area contributed by atoms with Crippen molar-refractivity contribution >= 4 is 12.4 Å². The first-order valence-corrected chi connectivity index (χ1v) is 10.2. The van der Waals surface area contributed by atoms with E-state index in [9.17, 15) is 0 Å². The summed E-state index contributed by atoms with van der Waals surface area (Å²) in [5.41, 5.74) is 1.44. The quantitative estimate of drug-likeness (QED) is 0.796. The lowest BCUT2D eigenvalue weighted by molar-refractivity contribution is 0.0520. The molecule has 4 rings (SSSR count). The summed E-state index contributed by atoms with van der Waals surface area (Å²) in [6.45, 7) is 6.26. The molecule has 4 unspecified atom stereocenters. The Morgan fingerprint density at radius 3 is 2.81 bits per heavy atom. The highest BCUT2D eigenvalue weighted by Gasteiger charge is 2.35. The third-order valence-electron chi connectivity index (χ3n) is 6.38. The first-order valence-electron chi connectivity index (χ1n) is 10.2. The minimum absolute atomic E-state index is 0. The van der Waals surface area contributed by atoms with Crippen LogP contribution in [0.3, 0.4) is 0 Å². The van der Waals surface area contributed by atoms with Crippen LogP contribution in [-0.2, 0) is 11.3 Å². The number of likely N-dealkylation sites (tertiary alicyclic amines) is 1. The molecule has 1 aromatic rings. The summed E-state index contributed by atoms with van der Waals surface area (Å²) in [4.78, 5) is 2.67. The fraction of sp³-hybridized carbons (Fsp3) is 0.714. The van der Waals surface area contributed by atoms with E-state index in [1.807, 2.05) is 0 Å². The monoisotopic (exact) mass is 379 g/mol. The van der Waals surface area contributed by atoms with Crippen LogP contribution >= 0.6 is 12.4 Å². The van der Waals surface area contributed by atoms with Gasteiger partial charge in [-0.1, -0.05) is 36.8 Å². The SMILES string of the molecule is Cl.c1ccc(CN2CCCC2CNC2CCCC2C2COCCN2)cc1. The van der Waals surface area contributed by atoms with Gasteiger partial charge in [0.25, 0.3) is 0 Å². The Morgan fingerprint density at radius 2 is 2.00 bits per heavy atom. The zero-order chi connectivity index (χ0) is 16.9. The van der Waals surface area contributed by atoms with Crippen LogP contribution in [-0.4, -0.2) is 55.9 Å². The van der Waals surface area contributed by atoms with Crippen molar-refractivity contribution in [1.29, 1.82) is 0 Å². The average Bonchev–Trinajstić information content (AvgIpc) is 3.31. The highest BCUT2D eigenvalue weighted by molar-refractivity contribution is 5.85. The molecule has 2 saturated heterocycles. The molecule has 0 radical (unpaired) electrons. The van der Waals surface area contributed by atoms with Gasteiger partial charge in [-0.05, 0) is 43.7 Å². The number of hydrogen-bond acceptors (Lipinski definition) is 4. The molecule has 3 fully saturated rings. The van der Waals surface area contributed by atoms with Gasteiger partial charge in [0.1, 0.15) is 0 Å². The normalized spacial score (nSPS) is 32.5. The van der Waals surface area contributed by atoms with Gasteiger partial charge < -0.3 is 15.4 Å². The van der Waals surface area contributed by atoms with Gasteiger partial charge in [0, 0.05) is 37.8 Å². The van der Waals surface area contributed by atoms with Gasteiger partial charge in [-0.25, -0.2) is 0 Å². The lowest BCUT2D eigenvalue weighted by Gasteiger charge is -2.34. The number of morpholine rings is 1. The van der Waals surface area contributed by atoms with Crippen molar-refractivity contribution in [3.8, 4) is 0 Å². The first kappa shape index (κ1) is 20.1. The third kappa shape index (κ3) is 4.99. The van der Waals surface area contributed by atoms with Crippen molar-refractivity contribution in [2.24, 2.45) is 5.92 Å². The van der Waals surface area contributed by atoms with Gasteiger partial charge in [0.15, 0.2) is 0 Å². The number of nitrogens with one attached hydrogen (secondary N) is 2. The molecule has 0 bridgehead atoms. The minimum Gasteiger partial charge on any atom is -0.379 e. The molecular formula is C21H34ClN3O. The van der Waals surface area contributed by atoms with E-state index in [2.05, 4.69) is 45.9 Å². The van der Waals surface area contributed by atoms with Crippen LogP contribution in [0.25, 0.3) is 0 Å². The number of benzene rings is 1. The van der Waals surface area contributed by atoms with Gasteiger partial charge in [0.2, 0.25) is 0 Å². The predicted molar refractivity (Wildman–Crippen MR) is 109 cm³/mol. The van der Waals surface area contributed by atoms with Crippen molar-refractivity contribution in [2.75, 3.05) is 32.8 Å². The number of hydrogen-bond donors (Lipinski definition) is 2. The Bertz CT molecular complexity index is 523. The molecule has 1 aliphatic carbocycles. The molecule has 2 aliphatic heterocycles. The van der Waals surface area contributed by atoms with Gasteiger partial charge >= 0.3 is 0 Å². The lowest BCUT2D eigenvalue weighted by Crippen LogP contribution is -2.52. The largest absolute Gasteiger partial charge is 0.379 e. The highest BCUT2D eigenvalue weighted by Crippen LogP contribution is 2.30.